The molecule has 3 aliphatic rings. The topological polar surface area (TPSA) is 89.3 Å². The van der Waals surface area contributed by atoms with Crippen molar-refractivity contribution in [1.29, 1.82) is 5.26 Å². The lowest BCUT2D eigenvalue weighted by Crippen LogP contribution is -2.52. The number of pyridine rings is 1. The van der Waals surface area contributed by atoms with Crippen molar-refractivity contribution in [1.82, 2.24) is 14.8 Å². The van der Waals surface area contributed by atoms with Crippen LogP contribution in [-0.2, 0) is 20.8 Å². The predicted molar refractivity (Wildman–Crippen MR) is 126 cm³/mol. The molecule has 1 aromatic carbocycles. The standard InChI is InChI=1S/C25H25F2N5O2S/c26-17-3-5-18(6-4-17)35-25-10-13-32(24(34)20-7-9-23(33)31(20)12-1-11-28)21(25)8-2-16-14-22(30-27)29-15-19(16)25/h3-6,14-15,20-21H,1-2,7-10,12-13H2,(H,29,30). The van der Waals surface area contributed by atoms with Gasteiger partial charge in [-0.15, -0.1) is 16.2 Å². The number of carbonyl (C=O) groups is 2. The number of hydrogen-bond donors (Lipinski definition) is 1. The van der Waals surface area contributed by atoms with E-state index >= 15 is 0 Å². The zero-order chi connectivity index (χ0) is 24.6. The van der Waals surface area contributed by atoms with Gasteiger partial charge in [-0.3, -0.25) is 9.59 Å². The number of aromatic nitrogens is 1. The summed E-state index contributed by atoms with van der Waals surface area (Å²) in [5, 5.41) is 8.98. The van der Waals surface area contributed by atoms with Gasteiger partial charge in [-0.25, -0.2) is 14.9 Å². The van der Waals surface area contributed by atoms with Gasteiger partial charge in [0, 0.05) is 30.6 Å². The second-order valence-corrected chi connectivity index (χ2v) is 10.6. The van der Waals surface area contributed by atoms with E-state index in [0.717, 1.165) is 16.0 Å². The summed E-state index contributed by atoms with van der Waals surface area (Å²) in [5.74, 6) is -0.347. The molecule has 2 aliphatic heterocycles. The fourth-order valence-corrected chi connectivity index (χ4v) is 7.34. The highest BCUT2D eigenvalue weighted by molar-refractivity contribution is 8.00. The van der Waals surface area contributed by atoms with Gasteiger partial charge in [-0.05, 0) is 67.1 Å². The largest absolute Gasteiger partial charge is 0.336 e. The van der Waals surface area contributed by atoms with Crippen molar-refractivity contribution in [3.05, 3.63) is 53.5 Å². The van der Waals surface area contributed by atoms with Crippen molar-refractivity contribution < 1.29 is 18.5 Å². The molecule has 3 atom stereocenters. The van der Waals surface area contributed by atoms with Gasteiger partial charge in [0.2, 0.25) is 11.8 Å². The maximum Gasteiger partial charge on any atom is 0.245 e. The lowest BCUT2D eigenvalue weighted by Gasteiger charge is -2.43. The van der Waals surface area contributed by atoms with Crippen LogP contribution in [0, 0.1) is 17.1 Å². The molecule has 0 radical (unpaired) electrons. The number of halogens is 2. The van der Waals surface area contributed by atoms with E-state index in [0.29, 0.717) is 38.6 Å². The molecule has 7 nitrogen and oxygen atoms in total. The molecule has 0 saturated carbocycles. The number of carbonyl (C=O) groups excluding carboxylic acids is 2. The van der Waals surface area contributed by atoms with Crippen LogP contribution in [0.2, 0.25) is 0 Å². The fourth-order valence-electron chi connectivity index (χ4n) is 5.78. The van der Waals surface area contributed by atoms with Gasteiger partial charge in [0.15, 0.2) is 5.82 Å². The minimum Gasteiger partial charge on any atom is -0.336 e. The molecule has 2 aromatic rings. The average Bonchev–Trinajstić information content (AvgIpc) is 3.44. The van der Waals surface area contributed by atoms with Crippen molar-refractivity contribution in [3.63, 3.8) is 0 Å². The zero-order valence-electron chi connectivity index (χ0n) is 19.0. The molecule has 10 heteroatoms. The first-order chi connectivity index (χ1) is 17.0. The quantitative estimate of drug-likeness (QED) is 0.608. The molecule has 3 unspecified atom stereocenters. The third-order valence-corrected chi connectivity index (χ3v) is 8.91. The van der Waals surface area contributed by atoms with E-state index in [-0.39, 0.29) is 42.5 Å². The van der Waals surface area contributed by atoms with Gasteiger partial charge in [0.05, 0.1) is 23.3 Å². The molecule has 2 amide bonds. The van der Waals surface area contributed by atoms with E-state index in [2.05, 4.69) is 11.1 Å². The van der Waals surface area contributed by atoms with Crippen LogP contribution < -0.4 is 5.54 Å². The van der Waals surface area contributed by atoms with Gasteiger partial charge < -0.3 is 9.80 Å². The third kappa shape index (κ3) is 4.12. The summed E-state index contributed by atoms with van der Waals surface area (Å²) in [6.45, 7) is 0.766. The molecule has 1 aromatic heterocycles. The fraction of sp³-hybridized carbons (Fsp3) is 0.440. The monoisotopic (exact) mass is 497 g/mol. The van der Waals surface area contributed by atoms with Crippen molar-refractivity contribution in [3.8, 4) is 6.07 Å². The molecular formula is C25H25F2N5O2S. The maximum absolute atomic E-state index is 13.8. The predicted octanol–water partition coefficient (Wildman–Crippen LogP) is 3.96. The van der Waals surface area contributed by atoms with Crippen molar-refractivity contribution in [2.24, 2.45) is 0 Å². The molecule has 2 fully saturated rings. The SMILES string of the molecule is N#CCCN1C(=O)CCC1C(=O)N1CCC2(Sc3ccc(F)cc3)c3cnc(NF)cc3CCC12. The zero-order valence-corrected chi connectivity index (χ0v) is 19.9. The van der Waals surface area contributed by atoms with Gasteiger partial charge in [-0.1, -0.05) is 0 Å². The highest BCUT2D eigenvalue weighted by atomic mass is 32.2. The maximum atomic E-state index is 13.8. The van der Waals surface area contributed by atoms with Crippen LogP contribution in [0.4, 0.5) is 14.7 Å². The van der Waals surface area contributed by atoms with Crippen LogP contribution in [-0.4, -0.2) is 51.8 Å². The number of hydrogen-bond acceptors (Lipinski definition) is 6. The normalized spacial score (nSPS) is 25.2. The highest BCUT2D eigenvalue weighted by Crippen LogP contribution is 2.56. The molecule has 35 heavy (non-hydrogen) atoms. The van der Waals surface area contributed by atoms with Crippen LogP contribution >= 0.6 is 11.8 Å². The van der Waals surface area contributed by atoms with E-state index in [1.54, 1.807) is 46.6 Å². The Kier molecular flexibility index (Phi) is 6.36. The second-order valence-electron chi connectivity index (χ2n) is 9.15. The Labute approximate surface area is 206 Å². The number of nitrogens with one attached hydrogen (secondary N) is 1. The van der Waals surface area contributed by atoms with E-state index in [1.165, 1.54) is 12.1 Å². The second kappa shape index (κ2) is 9.46. The Morgan fingerprint density at radius 3 is 2.83 bits per heavy atom. The molecule has 5 rings (SSSR count). The third-order valence-electron chi connectivity index (χ3n) is 7.34. The number of amides is 2. The molecule has 0 spiro atoms. The molecule has 182 valence electrons. The van der Waals surface area contributed by atoms with E-state index < -0.39 is 10.8 Å². The number of benzene rings is 1. The number of rotatable bonds is 6. The van der Waals surface area contributed by atoms with Gasteiger partial charge in [-0.2, -0.15) is 5.26 Å². The van der Waals surface area contributed by atoms with Crippen LogP contribution in [0.5, 0.6) is 0 Å². The minimum absolute atomic E-state index is 0.0844. The molecule has 1 aliphatic carbocycles. The molecular weight excluding hydrogens is 472 g/mol. The van der Waals surface area contributed by atoms with Crippen LogP contribution in [0.15, 0.2) is 41.4 Å². The van der Waals surface area contributed by atoms with E-state index in [9.17, 15) is 18.5 Å². The van der Waals surface area contributed by atoms with Crippen LogP contribution in [0.1, 0.15) is 43.2 Å². The Morgan fingerprint density at radius 1 is 1.29 bits per heavy atom. The average molecular weight is 498 g/mol. The molecule has 0 bridgehead atoms. The Hall–Kier alpha value is -3.19. The summed E-state index contributed by atoms with van der Waals surface area (Å²) in [7, 11) is 0. The molecule has 2 saturated heterocycles. The first-order valence-corrected chi connectivity index (χ1v) is 12.6. The molecule has 1 N–H and O–H groups in total. The number of fused-ring (bicyclic) bond motifs is 3. The van der Waals surface area contributed by atoms with Crippen molar-refractivity contribution >= 4 is 29.4 Å². The van der Waals surface area contributed by atoms with Crippen molar-refractivity contribution in [2.45, 2.75) is 60.3 Å². The summed E-state index contributed by atoms with van der Waals surface area (Å²) >= 11 is 1.59. The first kappa shape index (κ1) is 23.5. The lowest BCUT2D eigenvalue weighted by molar-refractivity contribution is -0.142. The van der Waals surface area contributed by atoms with Gasteiger partial charge in [0.1, 0.15) is 11.9 Å². The number of anilines is 1. The number of nitrogens with zero attached hydrogens (tertiary/aromatic N) is 4. The van der Waals surface area contributed by atoms with Gasteiger partial charge >= 0.3 is 0 Å². The number of nitriles is 1. The van der Waals surface area contributed by atoms with Crippen LogP contribution in [0.3, 0.4) is 0 Å². The summed E-state index contributed by atoms with van der Waals surface area (Å²) in [6, 6.07) is 9.36. The summed E-state index contributed by atoms with van der Waals surface area (Å²) in [4.78, 5) is 34.7. The molecule has 3 heterocycles. The highest BCUT2D eigenvalue weighted by Gasteiger charge is 2.55. The first-order valence-electron chi connectivity index (χ1n) is 11.7. The Balaban J connectivity index is 1.50. The Bertz CT molecular complexity index is 1190. The summed E-state index contributed by atoms with van der Waals surface area (Å²) in [5.41, 5.74) is 3.55. The van der Waals surface area contributed by atoms with Gasteiger partial charge in [0.25, 0.3) is 0 Å². The number of thioether (sulfide) groups is 1. The smallest absolute Gasteiger partial charge is 0.245 e. The summed E-state index contributed by atoms with van der Waals surface area (Å²) < 4.78 is 26.1. The van der Waals surface area contributed by atoms with Crippen molar-refractivity contribution in [2.75, 3.05) is 18.6 Å². The Morgan fingerprint density at radius 2 is 2.09 bits per heavy atom. The van der Waals surface area contributed by atoms with E-state index in [1.807, 2.05) is 4.90 Å². The van der Waals surface area contributed by atoms with E-state index in [4.69, 9.17) is 5.26 Å². The lowest BCUT2D eigenvalue weighted by atomic mass is 9.79. The summed E-state index contributed by atoms with van der Waals surface area (Å²) in [6.07, 6.45) is 4.63. The number of aryl methyl sites for hydroxylation is 1. The number of likely N-dealkylation sites (tertiary alicyclic amines) is 2. The van der Waals surface area contributed by atoms with Crippen LogP contribution in [0.25, 0.3) is 0 Å². The minimum atomic E-state index is -0.555.